The van der Waals surface area contributed by atoms with E-state index < -0.39 is 4.92 Å². The third-order valence-corrected chi connectivity index (χ3v) is 3.94. The maximum absolute atomic E-state index is 11.2. The smallest absolute Gasteiger partial charge is 0.348 e. The van der Waals surface area contributed by atoms with Crippen LogP contribution < -0.4 is 4.90 Å². The highest BCUT2D eigenvalue weighted by atomic mass is 35.5. The van der Waals surface area contributed by atoms with E-state index >= 15 is 0 Å². The summed E-state index contributed by atoms with van der Waals surface area (Å²) >= 11 is 5.85. The standard InChI is InChI=1S/C14H13ClN4O2/c15-13-12(19(20)21)14(17-9-16-13)18-7-5-10-3-1-2-4-11(10)6-8-18/h1-4,9H,5-8H2. The van der Waals surface area contributed by atoms with Crippen molar-refractivity contribution >= 4 is 23.1 Å². The second-order valence-corrected chi connectivity index (χ2v) is 5.21. The lowest BCUT2D eigenvalue weighted by Crippen LogP contribution is -2.28. The summed E-state index contributed by atoms with van der Waals surface area (Å²) in [4.78, 5) is 20.4. The molecule has 2 heterocycles. The van der Waals surface area contributed by atoms with E-state index in [1.165, 1.54) is 17.5 Å². The Bertz CT molecular complexity index is 665. The van der Waals surface area contributed by atoms with Crippen LogP contribution >= 0.6 is 11.6 Å². The van der Waals surface area contributed by atoms with Crippen molar-refractivity contribution in [1.29, 1.82) is 0 Å². The third-order valence-electron chi connectivity index (χ3n) is 3.66. The topological polar surface area (TPSA) is 72.2 Å². The van der Waals surface area contributed by atoms with Crippen molar-refractivity contribution in [3.8, 4) is 0 Å². The molecular weight excluding hydrogens is 292 g/mol. The first kappa shape index (κ1) is 13.8. The lowest BCUT2D eigenvalue weighted by molar-refractivity contribution is -0.384. The summed E-state index contributed by atoms with van der Waals surface area (Å²) in [6.45, 7) is 1.34. The average molecular weight is 305 g/mol. The summed E-state index contributed by atoms with van der Waals surface area (Å²) in [6.07, 6.45) is 2.92. The second kappa shape index (κ2) is 5.65. The fraction of sp³-hybridized carbons (Fsp3) is 0.286. The van der Waals surface area contributed by atoms with Crippen molar-refractivity contribution in [1.82, 2.24) is 9.97 Å². The molecule has 0 aliphatic carbocycles. The molecule has 108 valence electrons. The van der Waals surface area contributed by atoms with E-state index in [0.717, 1.165) is 12.8 Å². The van der Waals surface area contributed by atoms with Gasteiger partial charge >= 0.3 is 5.69 Å². The fourth-order valence-corrected chi connectivity index (χ4v) is 2.81. The van der Waals surface area contributed by atoms with Crippen molar-refractivity contribution in [3.05, 3.63) is 57.0 Å². The maximum atomic E-state index is 11.2. The van der Waals surface area contributed by atoms with E-state index in [4.69, 9.17) is 11.6 Å². The molecule has 0 radical (unpaired) electrons. The van der Waals surface area contributed by atoms with Crippen LogP contribution in [0.1, 0.15) is 11.1 Å². The van der Waals surface area contributed by atoms with Gasteiger partial charge in [0.05, 0.1) is 4.92 Å². The minimum absolute atomic E-state index is 0.119. The third kappa shape index (κ3) is 2.67. The number of hydrogen-bond donors (Lipinski definition) is 0. The first-order chi connectivity index (χ1) is 10.2. The summed E-state index contributed by atoms with van der Waals surface area (Å²) in [7, 11) is 0. The predicted molar refractivity (Wildman–Crippen MR) is 79.8 cm³/mol. The first-order valence-electron chi connectivity index (χ1n) is 6.63. The number of benzene rings is 1. The van der Waals surface area contributed by atoms with Gasteiger partial charge in [0.25, 0.3) is 0 Å². The van der Waals surface area contributed by atoms with Gasteiger partial charge in [-0.25, -0.2) is 9.97 Å². The Labute approximate surface area is 126 Å². The summed E-state index contributed by atoms with van der Waals surface area (Å²) in [5.41, 5.74) is 2.34. The number of nitrogens with zero attached hydrogens (tertiary/aromatic N) is 4. The van der Waals surface area contributed by atoms with E-state index in [1.54, 1.807) is 0 Å². The van der Waals surface area contributed by atoms with Gasteiger partial charge in [0, 0.05) is 13.1 Å². The zero-order valence-corrected chi connectivity index (χ0v) is 12.0. The normalized spacial score (nSPS) is 14.4. The summed E-state index contributed by atoms with van der Waals surface area (Å²) in [5, 5.41) is 11.1. The van der Waals surface area contributed by atoms with Crippen molar-refractivity contribution in [2.75, 3.05) is 18.0 Å². The van der Waals surface area contributed by atoms with Gasteiger partial charge in [-0.05, 0) is 24.0 Å². The minimum atomic E-state index is -0.518. The van der Waals surface area contributed by atoms with Crippen LogP contribution in [0.15, 0.2) is 30.6 Å². The molecular formula is C14H13ClN4O2. The van der Waals surface area contributed by atoms with Crippen molar-refractivity contribution < 1.29 is 4.92 Å². The predicted octanol–water partition coefficient (Wildman–Crippen LogP) is 2.64. The Morgan fingerprint density at radius 3 is 2.33 bits per heavy atom. The Morgan fingerprint density at radius 2 is 1.76 bits per heavy atom. The SMILES string of the molecule is O=[N+]([O-])c1c(Cl)ncnc1N1CCc2ccccc2CC1. The van der Waals surface area contributed by atoms with Crippen LogP contribution in [0.25, 0.3) is 0 Å². The van der Waals surface area contributed by atoms with Crippen molar-refractivity contribution in [2.24, 2.45) is 0 Å². The lowest BCUT2D eigenvalue weighted by Gasteiger charge is -2.20. The molecule has 1 aromatic carbocycles. The van der Waals surface area contributed by atoms with Crippen molar-refractivity contribution in [2.45, 2.75) is 12.8 Å². The van der Waals surface area contributed by atoms with E-state index in [-0.39, 0.29) is 10.8 Å². The molecule has 3 rings (SSSR count). The van der Waals surface area contributed by atoms with Crippen LogP contribution in [0.3, 0.4) is 0 Å². The molecule has 21 heavy (non-hydrogen) atoms. The molecule has 0 atom stereocenters. The Kier molecular flexibility index (Phi) is 3.70. The molecule has 0 bridgehead atoms. The number of fused-ring (bicyclic) bond motifs is 1. The molecule has 2 aromatic rings. The molecule has 0 saturated carbocycles. The molecule has 0 amide bonds. The zero-order chi connectivity index (χ0) is 14.8. The van der Waals surface area contributed by atoms with Gasteiger partial charge in [-0.1, -0.05) is 35.9 Å². The van der Waals surface area contributed by atoms with Gasteiger partial charge in [-0.15, -0.1) is 0 Å². The van der Waals surface area contributed by atoms with Crippen LogP contribution in [0, 0.1) is 10.1 Å². The number of aromatic nitrogens is 2. The minimum Gasteiger partial charge on any atom is -0.350 e. The monoisotopic (exact) mass is 304 g/mol. The van der Waals surface area contributed by atoms with Crippen molar-refractivity contribution in [3.63, 3.8) is 0 Å². The highest BCUT2D eigenvalue weighted by Gasteiger charge is 2.27. The molecule has 0 N–H and O–H groups in total. The summed E-state index contributed by atoms with van der Waals surface area (Å²) < 4.78 is 0. The molecule has 1 aromatic heterocycles. The van der Waals surface area contributed by atoms with Crippen LogP contribution in [-0.4, -0.2) is 28.0 Å². The van der Waals surface area contributed by atoms with Gasteiger partial charge in [-0.2, -0.15) is 0 Å². The highest BCUT2D eigenvalue weighted by molar-refractivity contribution is 6.31. The molecule has 0 unspecified atom stereocenters. The van der Waals surface area contributed by atoms with Gasteiger partial charge in [0.15, 0.2) is 0 Å². The van der Waals surface area contributed by atoms with Crippen LogP contribution in [0.4, 0.5) is 11.5 Å². The van der Waals surface area contributed by atoms with Crippen LogP contribution in [-0.2, 0) is 12.8 Å². The number of rotatable bonds is 2. The molecule has 6 nitrogen and oxygen atoms in total. The van der Waals surface area contributed by atoms with E-state index in [0.29, 0.717) is 18.9 Å². The van der Waals surface area contributed by atoms with Gasteiger partial charge < -0.3 is 4.90 Å². The largest absolute Gasteiger partial charge is 0.350 e. The average Bonchev–Trinajstić information content (AvgIpc) is 2.69. The van der Waals surface area contributed by atoms with Crippen LogP contribution in [0.5, 0.6) is 0 Å². The number of anilines is 1. The van der Waals surface area contributed by atoms with E-state index in [2.05, 4.69) is 22.1 Å². The molecule has 0 spiro atoms. The molecule has 1 aliphatic rings. The zero-order valence-electron chi connectivity index (χ0n) is 11.2. The summed E-state index contributed by atoms with van der Waals surface area (Å²) in [6, 6.07) is 8.22. The Hall–Kier alpha value is -2.21. The number of halogens is 1. The number of nitro groups is 1. The molecule has 1 aliphatic heterocycles. The lowest BCUT2D eigenvalue weighted by atomic mass is 10.0. The quantitative estimate of drug-likeness (QED) is 0.484. The Balaban J connectivity index is 1.93. The molecule has 0 fully saturated rings. The first-order valence-corrected chi connectivity index (χ1v) is 7.01. The molecule has 7 heteroatoms. The fourth-order valence-electron chi connectivity index (χ4n) is 2.62. The highest BCUT2D eigenvalue weighted by Crippen LogP contribution is 2.32. The second-order valence-electron chi connectivity index (χ2n) is 4.85. The molecule has 0 saturated heterocycles. The maximum Gasteiger partial charge on any atom is 0.348 e. The Morgan fingerprint density at radius 1 is 1.14 bits per heavy atom. The summed E-state index contributed by atoms with van der Waals surface area (Å²) in [5.74, 6) is 0.299. The number of hydrogen-bond acceptors (Lipinski definition) is 5. The van der Waals surface area contributed by atoms with Gasteiger partial charge in [0.2, 0.25) is 11.0 Å². The van der Waals surface area contributed by atoms with E-state index in [9.17, 15) is 10.1 Å². The van der Waals surface area contributed by atoms with Gasteiger partial charge in [0.1, 0.15) is 6.33 Å². The van der Waals surface area contributed by atoms with Crippen LogP contribution in [0.2, 0.25) is 5.15 Å². The van der Waals surface area contributed by atoms with E-state index in [1.807, 2.05) is 17.0 Å². The van der Waals surface area contributed by atoms with Gasteiger partial charge in [-0.3, -0.25) is 10.1 Å².